The minimum Gasteiger partial charge on any atom is -0.332 e. The van der Waals surface area contributed by atoms with Gasteiger partial charge in [-0.25, -0.2) is 4.39 Å². The van der Waals surface area contributed by atoms with Gasteiger partial charge in [-0.2, -0.15) is 0 Å². The van der Waals surface area contributed by atoms with Gasteiger partial charge in [0.1, 0.15) is 5.82 Å². The van der Waals surface area contributed by atoms with Crippen molar-refractivity contribution in [3.63, 3.8) is 0 Å². The maximum Gasteiger partial charge on any atom is 0.233 e. The van der Waals surface area contributed by atoms with Crippen molar-refractivity contribution in [2.24, 2.45) is 0 Å². The number of hydrogen-bond acceptors (Lipinski definition) is 3. The fraction of sp³-hybridized carbons (Fsp3) is 0.316. The van der Waals surface area contributed by atoms with E-state index in [1.54, 1.807) is 17.8 Å². The van der Waals surface area contributed by atoms with Crippen molar-refractivity contribution >= 4 is 30.1 Å². The Bertz CT molecular complexity index is 728. The summed E-state index contributed by atoms with van der Waals surface area (Å²) < 4.78 is 13.5. The predicted molar refractivity (Wildman–Crippen MR) is 103 cm³/mol. The summed E-state index contributed by atoms with van der Waals surface area (Å²) in [5.41, 5.74) is 2.02. The fourth-order valence-corrected chi connectivity index (χ4v) is 3.87. The highest BCUT2D eigenvalue weighted by atomic mass is 35.5. The third kappa shape index (κ3) is 4.97. The topological polar surface area (TPSA) is 32.3 Å². The lowest BCUT2D eigenvalue weighted by Crippen LogP contribution is -2.49. The monoisotopic (exact) mass is 380 g/mol. The molecular formula is C19H22ClFN2OS. The number of carbonyl (C=O) groups is 1. The molecule has 1 saturated heterocycles. The zero-order valence-corrected chi connectivity index (χ0v) is 15.7. The molecule has 0 aliphatic carbocycles. The molecule has 0 bridgehead atoms. The third-order valence-electron chi connectivity index (χ3n) is 4.24. The number of nitrogens with zero attached hydrogens (tertiary/aromatic N) is 1. The second kappa shape index (κ2) is 9.22. The van der Waals surface area contributed by atoms with E-state index in [1.165, 1.54) is 17.7 Å². The summed E-state index contributed by atoms with van der Waals surface area (Å²) in [7, 11) is 0. The number of amides is 1. The number of rotatable bonds is 4. The van der Waals surface area contributed by atoms with Crippen LogP contribution in [-0.2, 0) is 4.79 Å². The van der Waals surface area contributed by atoms with Crippen LogP contribution in [0.5, 0.6) is 0 Å². The zero-order chi connectivity index (χ0) is 16.9. The van der Waals surface area contributed by atoms with Crippen LogP contribution in [0.15, 0.2) is 53.4 Å². The third-order valence-corrected chi connectivity index (χ3v) is 5.40. The quantitative estimate of drug-likeness (QED) is 0.818. The first-order valence-electron chi connectivity index (χ1n) is 8.09. The molecule has 0 saturated carbocycles. The standard InChI is InChI=1S/C19H21FN2OS.ClH/c1-14-5-2-3-8-18(14)24-13-19(23)22-10-9-21-12-17(22)15-6-4-7-16(20)11-15;/h2-8,11,17,21H,9-10,12-13H2,1H3;1H. The van der Waals surface area contributed by atoms with Gasteiger partial charge in [0.2, 0.25) is 5.91 Å². The SMILES string of the molecule is Cc1ccccc1SCC(=O)N1CCNCC1c1cccc(F)c1.Cl. The lowest BCUT2D eigenvalue weighted by atomic mass is 10.0. The van der Waals surface area contributed by atoms with Gasteiger partial charge >= 0.3 is 0 Å². The normalized spacial score (nSPS) is 17.0. The fourth-order valence-electron chi connectivity index (χ4n) is 2.96. The number of halogens is 2. The van der Waals surface area contributed by atoms with Crippen molar-refractivity contribution in [1.29, 1.82) is 0 Å². The van der Waals surface area contributed by atoms with Gasteiger partial charge in [0.15, 0.2) is 0 Å². The van der Waals surface area contributed by atoms with Crippen LogP contribution in [-0.4, -0.2) is 36.2 Å². The summed E-state index contributed by atoms with van der Waals surface area (Å²) in [5.74, 6) is 0.232. The Balaban J connectivity index is 0.00000225. The first-order valence-corrected chi connectivity index (χ1v) is 9.08. The first kappa shape index (κ1) is 19.8. The average Bonchev–Trinajstić information content (AvgIpc) is 2.61. The van der Waals surface area contributed by atoms with Gasteiger partial charge in [0.05, 0.1) is 11.8 Å². The number of carbonyl (C=O) groups excluding carboxylic acids is 1. The Labute approximate surface area is 158 Å². The molecule has 1 heterocycles. The summed E-state index contributed by atoms with van der Waals surface area (Å²) in [4.78, 5) is 15.7. The van der Waals surface area contributed by atoms with Crippen molar-refractivity contribution in [1.82, 2.24) is 10.2 Å². The highest BCUT2D eigenvalue weighted by Gasteiger charge is 2.27. The van der Waals surface area contributed by atoms with E-state index in [-0.39, 0.29) is 30.2 Å². The summed E-state index contributed by atoms with van der Waals surface area (Å²) in [6.07, 6.45) is 0. The van der Waals surface area contributed by atoms with E-state index in [4.69, 9.17) is 0 Å². The number of benzene rings is 2. The Hall–Kier alpha value is -1.56. The molecule has 1 fully saturated rings. The van der Waals surface area contributed by atoms with E-state index in [0.29, 0.717) is 18.8 Å². The van der Waals surface area contributed by atoms with Crippen molar-refractivity contribution in [2.75, 3.05) is 25.4 Å². The summed E-state index contributed by atoms with van der Waals surface area (Å²) in [6, 6.07) is 14.5. The molecule has 2 aromatic rings. The summed E-state index contributed by atoms with van der Waals surface area (Å²) >= 11 is 1.56. The molecule has 3 rings (SSSR count). The second-order valence-electron chi connectivity index (χ2n) is 5.92. The van der Waals surface area contributed by atoms with E-state index in [0.717, 1.165) is 17.0 Å². The average molecular weight is 381 g/mol. The summed E-state index contributed by atoms with van der Waals surface area (Å²) in [6.45, 7) is 4.12. The number of piperazine rings is 1. The van der Waals surface area contributed by atoms with E-state index < -0.39 is 0 Å². The molecule has 3 nitrogen and oxygen atoms in total. The predicted octanol–water partition coefficient (Wildman–Crippen LogP) is 3.82. The molecular weight excluding hydrogens is 359 g/mol. The van der Waals surface area contributed by atoms with Crippen LogP contribution in [0.25, 0.3) is 0 Å². The molecule has 25 heavy (non-hydrogen) atoms. The van der Waals surface area contributed by atoms with Crippen molar-refractivity contribution < 1.29 is 9.18 Å². The number of aryl methyl sites for hydroxylation is 1. The molecule has 134 valence electrons. The van der Waals surface area contributed by atoms with Crippen molar-refractivity contribution in [3.8, 4) is 0 Å². The van der Waals surface area contributed by atoms with Crippen LogP contribution in [0.2, 0.25) is 0 Å². The zero-order valence-electron chi connectivity index (χ0n) is 14.1. The van der Waals surface area contributed by atoms with Crippen molar-refractivity contribution in [2.45, 2.75) is 17.9 Å². The molecule has 0 radical (unpaired) electrons. The minimum absolute atomic E-state index is 0. The molecule has 1 N–H and O–H groups in total. The van der Waals surface area contributed by atoms with Crippen LogP contribution < -0.4 is 5.32 Å². The van der Waals surface area contributed by atoms with E-state index in [1.807, 2.05) is 42.2 Å². The Morgan fingerprint density at radius 3 is 2.84 bits per heavy atom. The Kier molecular flexibility index (Phi) is 7.29. The van der Waals surface area contributed by atoms with Crippen LogP contribution in [0.4, 0.5) is 4.39 Å². The molecule has 1 amide bonds. The lowest BCUT2D eigenvalue weighted by molar-refractivity contribution is -0.131. The molecule has 1 atom stereocenters. The molecule has 0 aromatic heterocycles. The number of nitrogens with one attached hydrogen (secondary N) is 1. The maximum atomic E-state index is 13.5. The lowest BCUT2D eigenvalue weighted by Gasteiger charge is -2.36. The molecule has 1 aliphatic rings. The molecule has 1 unspecified atom stereocenters. The molecule has 0 spiro atoms. The van der Waals surface area contributed by atoms with Crippen LogP contribution in [0.3, 0.4) is 0 Å². The number of thioether (sulfide) groups is 1. The summed E-state index contributed by atoms with van der Waals surface area (Å²) in [5, 5.41) is 3.30. The van der Waals surface area contributed by atoms with Gasteiger partial charge in [-0.05, 0) is 36.2 Å². The Morgan fingerprint density at radius 2 is 2.08 bits per heavy atom. The van der Waals surface area contributed by atoms with Gasteiger partial charge in [-0.3, -0.25) is 4.79 Å². The highest BCUT2D eigenvalue weighted by molar-refractivity contribution is 8.00. The van der Waals surface area contributed by atoms with Crippen molar-refractivity contribution in [3.05, 3.63) is 65.5 Å². The highest BCUT2D eigenvalue weighted by Crippen LogP contribution is 2.26. The second-order valence-corrected chi connectivity index (χ2v) is 6.93. The van der Waals surface area contributed by atoms with Gasteiger partial charge < -0.3 is 10.2 Å². The van der Waals surface area contributed by atoms with E-state index in [9.17, 15) is 9.18 Å². The maximum absolute atomic E-state index is 13.5. The largest absolute Gasteiger partial charge is 0.332 e. The minimum atomic E-state index is -0.264. The smallest absolute Gasteiger partial charge is 0.233 e. The number of hydrogen-bond donors (Lipinski definition) is 1. The van der Waals surface area contributed by atoms with Crippen LogP contribution in [0.1, 0.15) is 17.2 Å². The van der Waals surface area contributed by atoms with Crippen LogP contribution >= 0.6 is 24.2 Å². The molecule has 2 aromatic carbocycles. The Morgan fingerprint density at radius 1 is 1.28 bits per heavy atom. The van der Waals surface area contributed by atoms with E-state index >= 15 is 0 Å². The molecule has 6 heteroatoms. The van der Waals surface area contributed by atoms with E-state index in [2.05, 4.69) is 5.32 Å². The van der Waals surface area contributed by atoms with Gasteiger partial charge in [-0.1, -0.05) is 30.3 Å². The van der Waals surface area contributed by atoms with Gasteiger partial charge in [0.25, 0.3) is 0 Å². The van der Waals surface area contributed by atoms with Crippen LogP contribution in [0, 0.1) is 12.7 Å². The van der Waals surface area contributed by atoms with Gasteiger partial charge in [0, 0.05) is 24.5 Å². The molecule has 1 aliphatic heterocycles. The van der Waals surface area contributed by atoms with Gasteiger partial charge in [-0.15, -0.1) is 24.2 Å². The first-order chi connectivity index (χ1) is 11.6.